The van der Waals surface area contributed by atoms with Gasteiger partial charge in [-0.3, -0.25) is 4.90 Å². The number of benzene rings is 3. The summed E-state index contributed by atoms with van der Waals surface area (Å²) in [6, 6.07) is 29.9. The molecule has 3 aromatic rings. The van der Waals surface area contributed by atoms with E-state index < -0.39 is 0 Å². The number of rotatable bonds is 3. The second-order valence-corrected chi connectivity index (χ2v) is 5.90. The van der Waals surface area contributed by atoms with Crippen molar-refractivity contribution in [3.63, 3.8) is 0 Å². The average molecular weight is 314 g/mol. The fourth-order valence-corrected chi connectivity index (χ4v) is 3.34. The van der Waals surface area contributed by atoms with Crippen LogP contribution in [0, 0.1) is 0 Å². The first-order chi connectivity index (χ1) is 11.8. The Balaban J connectivity index is 1.83. The molecule has 0 aliphatic carbocycles. The summed E-state index contributed by atoms with van der Waals surface area (Å²) in [5.41, 5.74) is 3.13. The maximum absolute atomic E-state index is 12.8. The molecule has 3 heteroatoms. The number of anilines is 1. The third-order valence-corrected chi connectivity index (χ3v) is 4.43. The van der Waals surface area contributed by atoms with E-state index in [9.17, 15) is 4.79 Å². The predicted molar refractivity (Wildman–Crippen MR) is 95.8 cm³/mol. The number of hydrogen-bond acceptors (Lipinski definition) is 1. The van der Waals surface area contributed by atoms with Crippen molar-refractivity contribution in [2.24, 2.45) is 0 Å². The zero-order valence-electron chi connectivity index (χ0n) is 13.2. The van der Waals surface area contributed by atoms with Gasteiger partial charge in [-0.05, 0) is 23.3 Å². The smallest absolute Gasteiger partial charge is 0.323 e. The first-order valence-corrected chi connectivity index (χ1v) is 8.09. The SMILES string of the molecule is O=C1NC(c2ccccc2)C(c2ccccc2)N1c1ccccc1. The Hall–Kier alpha value is -3.07. The number of carbonyl (C=O) groups excluding carboxylic acids is 1. The van der Waals surface area contributed by atoms with Crippen molar-refractivity contribution in [2.45, 2.75) is 12.1 Å². The van der Waals surface area contributed by atoms with Crippen LogP contribution in [0.2, 0.25) is 0 Å². The minimum atomic E-state index is -0.0821. The van der Waals surface area contributed by atoms with E-state index in [1.54, 1.807) is 0 Å². The molecule has 0 bridgehead atoms. The highest BCUT2D eigenvalue weighted by atomic mass is 16.2. The standard InChI is InChI=1S/C21H18N2O/c24-21-22-19(16-10-4-1-5-11-16)20(17-12-6-2-7-13-17)23(21)18-14-8-3-9-15-18/h1-15,19-20H,(H,22,24). The number of amides is 2. The number of hydrogen-bond donors (Lipinski definition) is 1. The van der Waals surface area contributed by atoms with E-state index >= 15 is 0 Å². The molecule has 1 aliphatic heterocycles. The highest BCUT2D eigenvalue weighted by Gasteiger charge is 2.41. The van der Waals surface area contributed by atoms with Crippen LogP contribution in [0.5, 0.6) is 0 Å². The van der Waals surface area contributed by atoms with Gasteiger partial charge in [0.25, 0.3) is 0 Å². The summed E-state index contributed by atoms with van der Waals surface area (Å²) >= 11 is 0. The van der Waals surface area contributed by atoms with Gasteiger partial charge < -0.3 is 5.32 Å². The topological polar surface area (TPSA) is 32.3 Å². The molecule has 118 valence electrons. The molecule has 0 radical (unpaired) electrons. The van der Waals surface area contributed by atoms with Crippen LogP contribution in [0.1, 0.15) is 23.2 Å². The summed E-state index contributed by atoms with van der Waals surface area (Å²) in [6.07, 6.45) is 0. The number of carbonyl (C=O) groups is 1. The zero-order valence-corrected chi connectivity index (χ0v) is 13.2. The van der Waals surface area contributed by atoms with Crippen LogP contribution in [0.3, 0.4) is 0 Å². The van der Waals surface area contributed by atoms with Crippen LogP contribution in [0.25, 0.3) is 0 Å². The van der Waals surface area contributed by atoms with Gasteiger partial charge in [0.05, 0.1) is 12.1 Å². The fraction of sp³-hybridized carbons (Fsp3) is 0.0952. The lowest BCUT2D eigenvalue weighted by molar-refractivity contribution is 0.251. The summed E-state index contributed by atoms with van der Waals surface area (Å²) in [7, 11) is 0. The number of nitrogens with one attached hydrogen (secondary N) is 1. The molecular formula is C21H18N2O. The molecule has 2 amide bonds. The van der Waals surface area contributed by atoms with Crippen LogP contribution < -0.4 is 10.2 Å². The van der Waals surface area contributed by atoms with Crippen LogP contribution in [0.4, 0.5) is 10.5 Å². The maximum Gasteiger partial charge on any atom is 0.323 e. The molecule has 0 saturated carbocycles. The zero-order chi connectivity index (χ0) is 16.4. The van der Waals surface area contributed by atoms with E-state index in [-0.39, 0.29) is 18.1 Å². The molecule has 4 rings (SSSR count). The van der Waals surface area contributed by atoms with Gasteiger partial charge in [-0.1, -0.05) is 78.9 Å². The summed E-state index contributed by atoms with van der Waals surface area (Å²) in [4.78, 5) is 14.6. The van der Waals surface area contributed by atoms with Gasteiger partial charge in [0.15, 0.2) is 0 Å². The number of urea groups is 1. The average Bonchev–Trinajstić information content (AvgIpc) is 3.01. The Morgan fingerprint density at radius 3 is 1.75 bits per heavy atom. The lowest BCUT2D eigenvalue weighted by Gasteiger charge is -2.27. The van der Waals surface area contributed by atoms with Crippen LogP contribution in [0.15, 0.2) is 91.0 Å². The van der Waals surface area contributed by atoms with Crippen molar-refractivity contribution in [3.05, 3.63) is 102 Å². The molecule has 1 fully saturated rings. The van der Waals surface area contributed by atoms with Gasteiger partial charge in [0, 0.05) is 5.69 Å². The first kappa shape index (κ1) is 14.5. The van der Waals surface area contributed by atoms with Crippen molar-refractivity contribution in [3.8, 4) is 0 Å². The number of nitrogens with zero attached hydrogens (tertiary/aromatic N) is 1. The van der Waals surface area contributed by atoms with E-state index in [2.05, 4.69) is 29.6 Å². The van der Waals surface area contributed by atoms with Gasteiger partial charge in [-0.25, -0.2) is 4.79 Å². The summed E-state index contributed by atoms with van der Waals surface area (Å²) in [6.45, 7) is 0. The molecule has 0 aromatic heterocycles. The fourth-order valence-electron chi connectivity index (χ4n) is 3.34. The highest BCUT2D eigenvalue weighted by molar-refractivity contribution is 5.96. The molecule has 2 unspecified atom stereocenters. The predicted octanol–water partition coefficient (Wildman–Crippen LogP) is 4.70. The third-order valence-electron chi connectivity index (χ3n) is 4.43. The molecule has 1 heterocycles. The Kier molecular flexibility index (Phi) is 3.75. The quantitative estimate of drug-likeness (QED) is 0.747. The van der Waals surface area contributed by atoms with Crippen LogP contribution >= 0.6 is 0 Å². The van der Waals surface area contributed by atoms with Crippen molar-refractivity contribution >= 4 is 11.7 Å². The van der Waals surface area contributed by atoms with E-state index in [1.807, 2.05) is 71.6 Å². The molecule has 24 heavy (non-hydrogen) atoms. The monoisotopic (exact) mass is 314 g/mol. The van der Waals surface area contributed by atoms with Crippen molar-refractivity contribution in [1.82, 2.24) is 5.32 Å². The Bertz CT molecular complexity index is 818. The summed E-state index contributed by atoms with van der Waals surface area (Å²) in [5, 5.41) is 3.15. The van der Waals surface area contributed by atoms with E-state index in [0.29, 0.717) is 0 Å². The third kappa shape index (κ3) is 2.54. The second-order valence-electron chi connectivity index (χ2n) is 5.90. The molecule has 0 spiro atoms. The first-order valence-electron chi connectivity index (χ1n) is 8.09. The molecule has 1 aliphatic rings. The minimum absolute atomic E-state index is 0.0658. The Morgan fingerprint density at radius 2 is 1.17 bits per heavy atom. The lowest BCUT2D eigenvalue weighted by Crippen LogP contribution is -2.29. The number of para-hydroxylation sites is 1. The molecular weight excluding hydrogens is 296 g/mol. The summed E-state index contributed by atoms with van der Waals surface area (Å²) < 4.78 is 0. The van der Waals surface area contributed by atoms with Gasteiger partial charge in [0.2, 0.25) is 0 Å². The van der Waals surface area contributed by atoms with Crippen molar-refractivity contribution < 1.29 is 4.79 Å². The highest BCUT2D eigenvalue weighted by Crippen LogP contribution is 2.41. The normalized spacial score (nSPS) is 20.0. The maximum atomic E-state index is 12.8. The van der Waals surface area contributed by atoms with E-state index in [0.717, 1.165) is 16.8 Å². The van der Waals surface area contributed by atoms with E-state index in [4.69, 9.17) is 0 Å². The molecule has 1 N–H and O–H groups in total. The largest absolute Gasteiger partial charge is 0.328 e. The molecule has 1 saturated heterocycles. The Labute approximate surface area is 141 Å². The molecule has 3 aromatic carbocycles. The van der Waals surface area contributed by atoms with Gasteiger partial charge in [-0.2, -0.15) is 0 Å². The van der Waals surface area contributed by atoms with Gasteiger partial charge in [0.1, 0.15) is 0 Å². The van der Waals surface area contributed by atoms with E-state index in [1.165, 1.54) is 0 Å². The van der Waals surface area contributed by atoms with Crippen molar-refractivity contribution in [1.29, 1.82) is 0 Å². The van der Waals surface area contributed by atoms with Gasteiger partial charge >= 0.3 is 6.03 Å². The second kappa shape index (κ2) is 6.20. The van der Waals surface area contributed by atoms with Crippen LogP contribution in [-0.2, 0) is 0 Å². The van der Waals surface area contributed by atoms with Gasteiger partial charge in [-0.15, -0.1) is 0 Å². The molecule has 2 atom stereocenters. The Morgan fingerprint density at radius 1 is 0.667 bits per heavy atom. The van der Waals surface area contributed by atoms with Crippen LogP contribution in [-0.4, -0.2) is 6.03 Å². The molecule has 3 nitrogen and oxygen atoms in total. The minimum Gasteiger partial charge on any atom is -0.328 e. The van der Waals surface area contributed by atoms with Crippen molar-refractivity contribution in [2.75, 3.05) is 4.90 Å². The summed E-state index contributed by atoms with van der Waals surface area (Å²) in [5.74, 6) is 0. The lowest BCUT2D eigenvalue weighted by atomic mass is 9.94.